The molecular weight excluding hydrogens is 66.1 g/mol. The van der Waals surface area contributed by atoms with E-state index in [1.54, 1.807) is 0 Å². The summed E-state index contributed by atoms with van der Waals surface area (Å²) in [7, 11) is 2.17. The minimum Gasteiger partial charge on any atom is -0.345 e. The van der Waals surface area contributed by atoms with E-state index in [4.69, 9.17) is 0 Å². The van der Waals surface area contributed by atoms with Crippen LogP contribution in [0.1, 0.15) is 1.43 Å². The first-order valence-corrected chi connectivity index (χ1v) is 3.68. The van der Waals surface area contributed by atoms with Crippen LogP contribution in [0.3, 0.4) is 0 Å². The van der Waals surface area contributed by atoms with Gasteiger partial charge in [0.15, 0.2) is 0 Å². The van der Waals surface area contributed by atoms with Crippen LogP contribution in [-0.2, 0) is 0 Å². The normalized spacial score (nSPS) is 10.5. The maximum Gasteiger partial charge on any atom is 0.0882 e. The molecule has 0 saturated carbocycles. The third kappa shape index (κ3) is 2.18. The fraction of sp³-hybridized carbons (Fsp3) is 1.00. The van der Waals surface area contributed by atoms with Crippen molar-refractivity contribution in [1.29, 1.82) is 0 Å². The summed E-state index contributed by atoms with van der Waals surface area (Å²) in [5.41, 5.74) is 0. The van der Waals surface area contributed by atoms with Crippen LogP contribution in [0.4, 0.5) is 0 Å². The first-order chi connectivity index (χ1) is 1.91. The van der Waals surface area contributed by atoms with Gasteiger partial charge in [0.05, 0.1) is 9.68 Å². The quantitative estimate of drug-likeness (QED) is 0.419. The minimum absolute atomic E-state index is 0. The molecule has 1 nitrogen and oxygen atoms in total. The number of hydrogen-bond acceptors (Lipinski definition) is 1. The third-order valence-electron chi connectivity index (χ3n) is 0.354. The predicted octanol–water partition coefficient (Wildman–Crippen LogP) is -0.416. The van der Waals surface area contributed by atoms with Crippen LogP contribution in [0, 0.1) is 0 Å². The van der Waals surface area contributed by atoms with Gasteiger partial charge < -0.3 is 4.98 Å². The molecule has 0 aromatic carbocycles. The van der Waals surface area contributed by atoms with Crippen molar-refractivity contribution >= 4 is 9.68 Å². The number of hydrogen-bond donors (Lipinski definition) is 1. The molecule has 0 aliphatic rings. The summed E-state index contributed by atoms with van der Waals surface area (Å²) in [5, 5.41) is 0. The summed E-state index contributed by atoms with van der Waals surface area (Å²) >= 11 is 0. The smallest absolute Gasteiger partial charge is 0.0882 e. The van der Waals surface area contributed by atoms with E-state index in [0.717, 1.165) is 0 Å². The van der Waals surface area contributed by atoms with Crippen LogP contribution in [0.2, 0.25) is 6.55 Å². The molecular formula is C2H11NSi. The van der Waals surface area contributed by atoms with Crippen LogP contribution < -0.4 is 4.98 Å². The van der Waals surface area contributed by atoms with Crippen LogP contribution in [-0.4, -0.2) is 16.7 Å². The standard InChI is InChI=1S/C2H9NSi.H2/c1-3-4-2;/h3H,4H2,1-2H3;1H. The molecule has 0 bridgehead atoms. The molecule has 0 aliphatic carbocycles. The Bertz CT molecular complexity index is 11.6. The van der Waals surface area contributed by atoms with Gasteiger partial charge in [-0.2, -0.15) is 0 Å². The molecule has 0 saturated heterocycles. The lowest BCUT2D eigenvalue weighted by Gasteiger charge is -1.74. The van der Waals surface area contributed by atoms with E-state index < -0.39 is 0 Å². The highest BCUT2D eigenvalue weighted by molar-refractivity contribution is 6.29. The van der Waals surface area contributed by atoms with Gasteiger partial charge in [0, 0.05) is 1.43 Å². The Morgan fingerprint density at radius 3 is 2.25 bits per heavy atom. The lowest BCUT2D eigenvalue weighted by Crippen LogP contribution is -2.06. The van der Waals surface area contributed by atoms with Gasteiger partial charge in [-0.3, -0.25) is 0 Å². The van der Waals surface area contributed by atoms with Crippen LogP contribution in [0.15, 0.2) is 0 Å². The first kappa shape index (κ1) is 4.18. The van der Waals surface area contributed by atoms with Gasteiger partial charge >= 0.3 is 0 Å². The second-order valence-corrected chi connectivity index (χ2v) is 2.12. The molecule has 0 radical (unpaired) electrons. The zero-order valence-corrected chi connectivity index (χ0v) is 4.62. The molecule has 1 N–H and O–H groups in total. The average molecular weight is 77.2 g/mol. The van der Waals surface area contributed by atoms with E-state index in [9.17, 15) is 0 Å². The van der Waals surface area contributed by atoms with Gasteiger partial charge in [0.25, 0.3) is 0 Å². The maximum absolute atomic E-state index is 3.07. The summed E-state index contributed by atoms with van der Waals surface area (Å²) in [6.45, 7) is 2.21. The monoisotopic (exact) mass is 77.1 g/mol. The summed E-state index contributed by atoms with van der Waals surface area (Å²) in [6.07, 6.45) is 0. The summed E-state index contributed by atoms with van der Waals surface area (Å²) < 4.78 is 0. The Morgan fingerprint density at radius 1 is 2.00 bits per heavy atom. The summed E-state index contributed by atoms with van der Waals surface area (Å²) in [4.78, 5) is 3.07. The van der Waals surface area contributed by atoms with Crippen molar-refractivity contribution in [3.63, 3.8) is 0 Å². The molecule has 0 amide bonds. The molecule has 0 unspecified atom stereocenters. The Hall–Kier alpha value is 0.177. The average Bonchev–Trinajstić information content (AvgIpc) is 1.37. The van der Waals surface area contributed by atoms with E-state index >= 15 is 0 Å². The molecule has 2 heteroatoms. The van der Waals surface area contributed by atoms with Gasteiger partial charge in [0.1, 0.15) is 0 Å². The van der Waals surface area contributed by atoms with Gasteiger partial charge in [-0.1, -0.05) is 6.55 Å². The molecule has 0 aromatic heterocycles. The highest BCUT2D eigenvalue weighted by Crippen LogP contribution is 1.30. The number of nitrogens with one attached hydrogen (secondary N) is 1. The van der Waals surface area contributed by atoms with Gasteiger partial charge in [-0.15, -0.1) is 0 Å². The molecule has 28 valence electrons. The molecule has 0 spiro atoms. The molecule has 0 aromatic rings. The zero-order chi connectivity index (χ0) is 3.41. The molecule has 0 fully saturated rings. The largest absolute Gasteiger partial charge is 0.345 e. The van der Waals surface area contributed by atoms with E-state index in [0.29, 0.717) is 0 Å². The highest BCUT2D eigenvalue weighted by Gasteiger charge is 1.53. The van der Waals surface area contributed by atoms with E-state index in [1.165, 1.54) is 0 Å². The van der Waals surface area contributed by atoms with Crippen molar-refractivity contribution in [2.24, 2.45) is 0 Å². The lowest BCUT2D eigenvalue weighted by atomic mass is 11.6. The fourth-order valence-corrected chi connectivity index (χ4v) is 0. The van der Waals surface area contributed by atoms with Crippen molar-refractivity contribution in [2.45, 2.75) is 6.55 Å². The molecule has 0 rings (SSSR count). The van der Waals surface area contributed by atoms with E-state index in [2.05, 4.69) is 11.5 Å². The third-order valence-corrected chi connectivity index (χ3v) is 1.06. The van der Waals surface area contributed by atoms with Crippen LogP contribution in [0.25, 0.3) is 0 Å². The zero-order valence-electron chi connectivity index (χ0n) is 3.21. The Labute approximate surface area is 30.8 Å². The lowest BCUT2D eigenvalue weighted by molar-refractivity contribution is 1.25. The predicted molar refractivity (Wildman–Crippen MR) is 25.6 cm³/mol. The van der Waals surface area contributed by atoms with Crippen molar-refractivity contribution in [3.8, 4) is 0 Å². The second-order valence-electron chi connectivity index (χ2n) is 0.707. The minimum atomic E-state index is 0. The summed E-state index contributed by atoms with van der Waals surface area (Å²) in [5.74, 6) is 0. The SMILES string of the molecule is CN[SiH2]C.[HH]. The molecule has 0 atom stereocenters. The Balaban J connectivity index is 0. The van der Waals surface area contributed by atoms with E-state index in [-0.39, 0.29) is 11.1 Å². The van der Waals surface area contributed by atoms with Crippen LogP contribution in [0.5, 0.6) is 0 Å². The van der Waals surface area contributed by atoms with Crippen LogP contribution >= 0.6 is 0 Å². The molecule has 0 heterocycles. The molecule has 0 aliphatic heterocycles. The maximum atomic E-state index is 3.07. The second kappa shape index (κ2) is 3.18. The number of rotatable bonds is 1. The van der Waals surface area contributed by atoms with Crippen molar-refractivity contribution in [3.05, 3.63) is 0 Å². The van der Waals surface area contributed by atoms with Gasteiger partial charge in [-0.05, 0) is 7.05 Å². The van der Waals surface area contributed by atoms with Gasteiger partial charge in [0.2, 0.25) is 0 Å². The van der Waals surface area contributed by atoms with Crippen molar-refractivity contribution in [2.75, 3.05) is 7.05 Å². The van der Waals surface area contributed by atoms with Gasteiger partial charge in [-0.25, -0.2) is 0 Å². The van der Waals surface area contributed by atoms with Crippen molar-refractivity contribution < 1.29 is 1.43 Å². The Kier molecular flexibility index (Phi) is 3.32. The molecule has 4 heavy (non-hydrogen) atoms. The first-order valence-electron chi connectivity index (χ1n) is 1.56. The Morgan fingerprint density at radius 2 is 2.25 bits per heavy atom. The highest BCUT2D eigenvalue weighted by atomic mass is 28.2. The fourth-order valence-electron chi connectivity index (χ4n) is 0. The van der Waals surface area contributed by atoms with Crippen molar-refractivity contribution in [1.82, 2.24) is 4.98 Å². The van der Waals surface area contributed by atoms with E-state index in [1.807, 2.05) is 7.05 Å². The summed E-state index contributed by atoms with van der Waals surface area (Å²) in [6, 6.07) is 0. The topological polar surface area (TPSA) is 12.0 Å².